The first-order valence-electron chi connectivity index (χ1n) is 7.59. The van der Waals surface area contributed by atoms with Crippen molar-refractivity contribution in [1.29, 1.82) is 0 Å². The van der Waals surface area contributed by atoms with Gasteiger partial charge in [-0.2, -0.15) is 0 Å². The third kappa shape index (κ3) is 4.80. The Balaban J connectivity index is 2.26. The molecule has 0 heterocycles. The van der Waals surface area contributed by atoms with Crippen LogP contribution in [0.25, 0.3) is 6.08 Å². The summed E-state index contributed by atoms with van der Waals surface area (Å²) in [7, 11) is 1.59. The number of thioether (sulfide) groups is 1. The Morgan fingerprint density at radius 2 is 2.04 bits per heavy atom. The number of ketones is 1. The van der Waals surface area contributed by atoms with Crippen LogP contribution in [-0.4, -0.2) is 30.9 Å². The summed E-state index contributed by atoms with van der Waals surface area (Å²) >= 11 is 4.85. The SMILES string of the molecule is CCOc1cc(/C=C/C(=O)c2ccc(SC)c(OC)c2)cc(Br)c1O. The molecule has 0 radical (unpaired) electrons. The Labute approximate surface area is 160 Å². The first-order valence-corrected chi connectivity index (χ1v) is 9.61. The number of phenolic OH excluding ortho intramolecular Hbond substituents is 1. The molecule has 0 aromatic heterocycles. The number of hydrogen-bond acceptors (Lipinski definition) is 5. The van der Waals surface area contributed by atoms with Gasteiger partial charge in [0.25, 0.3) is 0 Å². The summed E-state index contributed by atoms with van der Waals surface area (Å²) in [6.45, 7) is 2.28. The average Bonchev–Trinajstić information content (AvgIpc) is 2.63. The van der Waals surface area contributed by atoms with Crippen molar-refractivity contribution >= 4 is 39.6 Å². The first kappa shape index (κ1) is 19.4. The molecule has 0 amide bonds. The van der Waals surface area contributed by atoms with Crippen molar-refractivity contribution in [2.75, 3.05) is 20.0 Å². The number of ether oxygens (including phenoxy) is 2. The number of carbonyl (C=O) groups is 1. The monoisotopic (exact) mass is 422 g/mol. The molecule has 0 aliphatic heterocycles. The molecule has 4 nitrogen and oxygen atoms in total. The number of rotatable bonds is 7. The fourth-order valence-electron chi connectivity index (χ4n) is 2.21. The molecule has 0 saturated heterocycles. The van der Waals surface area contributed by atoms with Gasteiger partial charge < -0.3 is 14.6 Å². The molecule has 1 N–H and O–H groups in total. The van der Waals surface area contributed by atoms with E-state index in [1.165, 1.54) is 6.08 Å². The molecule has 2 rings (SSSR count). The third-order valence-corrected chi connectivity index (χ3v) is 4.83. The van der Waals surface area contributed by atoms with Crippen molar-refractivity contribution in [3.8, 4) is 17.2 Å². The van der Waals surface area contributed by atoms with Crippen LogP contribution in [0.15, 0.2) is 45.8 Å². The Hall–Kier alpha value is -1.92. The zero-order valence-corrected chi connectivity index (χ0v) is 16.6. The van der Waals surface area contributed by atoms with E-state index in [0.717, 1.165) is 10.5 Å². The van der Waals surface area contributed by atoms with Crippen LogP contribution in [0.3, 0.4) is 0 Å². The van der Waals surface area contributed by atoms with E-state index < -0.39 is 0 Å². The summed E-state index contributed by atoms with van der Waals surface area (Å²) in [6.07, 6.45) is 5.13. The predicted molar refractivity (Wildman–Crippen MR) is 105 cm³/mol. The Kier molecular flexibility index (Phi) is 6.96. The minimum Gasteiger partial charge on any atom is -0.503 e. The number of carbonyl (C=O) groups excluding carboxylic acids is 1. The van der Waals surface area contributed by atoms with Crippen LogP contribution in [0, 0.1) is 0 Å². The van der Waals surface area contributed by atoms with Gasteiger partial charge in [-0.3, -0.25) is 4.79 Å². The Bertz CT molecular complexity index is 802. The van der Waals surface area contributed by atoms with E-state index in [4.69, 9.17) is 9.47 Å². The molecule has 0 aliphatic carbocycles. The molecular weight excluding hydrogens is 404 g/mol. The maximum Gasteiger partial charge on any atom is 0.185 e. The second-order valence-electron chi connectivity index (χ2n) is 5.05. The molecule has 25 heavy (non-hydrogen) atoms. The topological polar surface area (TPSA) is 55.8 Å². The first-order chi connectivity index (χ1) is 12.0. The second-order valence-corrected chi connectivity index (χ2v) is 6.75. The Morgan fingerprint density at radius 3 is 2.68 bits per heavy atom. The van der Waals surface area contributed by atoms with Gasteiger partial charge in [0.2, 0.25) is 0 Å². The number of phenols is 1. The van der Waals surface area contributed by atoms with Crippen molar-refractivity contribution < 1.29 is 19.4 Å². The lowest BCUT2D eigenvalue weighted by Crippen LogP contribution is -1.96. The minimum atomic E-state index is -0.131. The fourth-order valence-corrected chi connectivity index (χ4v) is 3.22. The van der Waals surface area contributed by atoms with Gasteiger partial charge in [-0.15, -0.1) is 11.8 Å². The van der Waals surface area contributed by atoms with Crippen molar-refractivity contribution in [2.24, 2.45) is 0 Å². The van der Waals surface area contributed by atoms with Gasteiger partial charge in [-0.25, -0.2) is 0 Å². The normalized spacial score (nSPS) is 10.9. The predicted octanol–water partition coefficient (Wildman–Crippen LogP) is 5.18. The van der Waals surface area contributed by atoms with E-state index in [2.05, 4.69) is 15.9 Å². The molecule has 6 heteroatoms. The van der Waals surface area contributed by atoms with E-state index in [-0.39, 0.29) is 11.5 Å². The molecule has 0 fully saturated rings. The molecule has 0 unspecified atom stereocenters. The highest BCUT2D eigenvalue weighted by molar-refractivity contribution is 9.10. The van der Waals surface area contributed by atoms with Crippen LogP contribution in [0.1, 0.15) is 22.8 Å². The van der Waals surface area contributed by atoms with Gasteiger partial charge in [0.15, 0.2) is 17.3 Å². The number of hydrogen-bond donors (Lipinski definition) is 1. The second kappa shape index (κ2) is 8.97. The quantitative estimate of drug-likeness (QED) is 0.378. The van der Waals surface area contributed by atoms with E-state index in [1.807, 2.05) is 19.2 Å². The van der Waals surface area contributed by atoms with Crippen LogP contribution >= 0.6 is 27.7 Å². The van der Waals surface area contributed by atoms with Gasteiger partial charge in [0.1, 0.15) is 5.75 Å². The number of aromatic hydroxyl groups is 1. The lowest BCUT2D eigenvalue weighted by atomic mass is 10.1. The summed E-state index contributed by atoms with van der Waals surface area (Å²) in [5.74, 6) is 0.962. The van der Waals surface area contributed by atoms with Crippen LogP contribution in [-0.2, 0) is 0 Å². The van der Waals surface area contributed by atoms with Crippen LogP contribution in [0.4, 0.5) is 0 Å². The molecule has 2 aromatic carbocycles. The van der Waals surface area contributed by atoms with Crippen molar-refractivity contribution in [2.45, 2.75) is 11.8 Å². The molecule has 0 spiro atoms. The highest BCUT2D eigenvalue weighted by Gasteiger charge is 2.10. The van der Waals surface area contributed by atoms with E-state index in [0.29, 0.717) is 28.1 Å². The summed E-state index contributed by atoms with van der Waals surface area (Å²) < 4.78 is 11.2. The summed E-state index contributed by atoms with van der Waals surface area (Å²) in [5, 5.41) is 9.94. The maximum atomic E-state index is 12.4. The van der Waals surface area contributed by atoms with E-state index in [9.17, 15) is 9.90 Å². The number of allylic oxidation sites excluding steroid dienone is 1. The van der Waals surface area contributed by atoms with Gasteiger partial charge in [-0.1, -0.05) is 6.08 Å². The fraction of sp³-hybridized carbons (Fsp3) is 0.211. The maximum absolute atomic E-state index is 12.4. The minimum absolute atomic E-state index is 0.0442. The smallest absolute Gasteiger partial charge is 0.185 e. The molecule has 0 saturated carbocycles. The van der Waals surface area contributed by atoms with Gasteiger partial charge in [0, 0.05) is 10.5 Å². The Morgan fingerprint density at radius 1 is 1.28 bits per heavy atom. The summed E-state index contributed by atoms with van der Waals surface area (Å²) in [4.78, 5) is 13.4. The standard InChI is InChI=1S/C19H19BrO4S/c1-4-24-17-10-12(9-14(20)19(17)22)5-7-15(21)13-6-8-18(25-3)16(11-13)23-2/h5-11,22H,4H2,1-3H3/b7-5+. The largest absolute Gasteiger partial charge is 0.503 e. The lowest BCUT2D eigenvalue weighted by Gasteiger charge is -2.09. The van der Waals surface area contributed by atoms with Crippen molar-refractivity contribution in [3.63, 3.8) is 0 Å². The number of benzene rings is 2. The zero-order chi connectivity index (χ0) is 18.4. The highest BCUT2D eigenvalue weighted by atomic mass is 79.9. The summed E-state index contributed by atoms with van der Waals surface area (Å²) in [6, 6.07) is 8.79. The van der Waals surface area contributed by atoms with E-state index >= 15 is 0 Å². The molecule has 132 valence electrons. The van der Waals surface area contributed by atoms with Crippen LogP contribution in [0.2, 0.25) is 0 Å². The third-order valence-electron chi connectivity index (χ3n) is 3.45. The molecule has 0 atom stereocenters. The zero-order valence-electron chi connectivity index (χ0n) is 14.2. The molecule has 0 aliphatic rings. The van der Waals surface area contributed by atoms with Crippen molar-refractivity contribution in [3.05, 3.63) is 52.0 Å². The molecule has 0 bridgehead atoms. The summed E-state index contributed by atoms with van der Waals surface area (Å²) in [5.41, 5.74) is 1.29. The highest BCUT2D eigenvalue weighted by Crippen LogP contribution is 2.36. The average molecular weight is 423 g/mol. The van der Waals surface area contributed by atoms with Crippen molar-refractivity contribution in [1.82, 2.24) is 0 Å². The van der Waals surface area contributed by atoms with Gasteiger partial charge in [-0.05, 0) is 71.1 Å². The van der Waals surface area contributed by atoms with Gasteiger partial charge in [0.05, 0.1) is 18.2 Å². The molecular formula is C19H19BrO4S. The molecule has 2 aromatic rings. The number of methoxy groups -OCH3 is 1. The van der Waals surface area contributed by atoms with Crippen LogP contribution < -0.4 is 9.47 Å². The van der Waals surface area contributed by atoms with E-state index in [1.54, 1.807) is 49.2 Å². The number of halogens is 1. The van der Waals surface area contributed by atoms with Crippen LogP contribution in [0.5, 0.6) is 17.2 Å². The lowest BCUT2D eigenvalue weighted by molar-refractivity contribution is 0.104. The van der Waals surface area contributed by atoms with Gasteiger partial charge >= 0.3 is 0 Å².